The summed E-state index contributed by atoms with van der Waals surface area (Å²) < 4.78 is 30.3. The lowest BCUT2D eigenvalue weighted by Gasteiger charge is -2.43. The van der Waals surface area contributed by atoms with Gasteiger partial charge in [0.25, 0.3) is 0 Å². The second-order valence-electron chi connectivity index (χ2n) is 7.49. The van der Waals surface area contributed by atoms with Crippen LogP contribution in [0.15, 0.2) is 48.5 Å². The Labute approximate surface area is 175 Å². The second-order valence-corrected chi connectivity index (χ2v) is 10.1. The molecule has 0 spiro atoms. The van der Waals surface area contributed by atoms with Crippen LogP contribution >= 0.6 is 11.6 Å². The number of hydrogen-bond acceptors (Lipinski definition) is 5. The van der Waals surface area contributed by atoms with Crippen LogP contribution in [-0.4, -0.2) is 63.0 Å². The predicted octanol–water partition coefficient (Wildman–Crippen LogP) is 2.41. The fourth-order valence-corrected chi connectivity index (χ4v) is 6.50. The molecule has 2 saturated heterocycles. The van der Waals surface area contributed by atoms with Crippen molar-refractivity contribution in [3.8, 4) is 5.75 Å². The summed E-state index contributed by atoms with van der Waals surface area (Å²) >= 11 is 6.11. The van der Waals surface area contributed by atoms with Gasteiger partial charge in [0.2, 0.25) is 5.91 Å². The number of anilines is 1. The van der Waals surface area contributed by atoms with Crippen molar-refractivity contribution in [3.63, 3.8) is 0 Å². The molecule has 1 amide bonds. The van der Waals surface area contributed by atoms with E-state index in [-0.39, 0.29) is 30.0 Å². The number of piperazine rings is 1. The van der Waals surface area contributed by atoms with Crippen LogP contribution in [0.25, 0.3) is 0 Å². The molecule has 2 fully saturated rings. The Morgan fingerprint density at radius 1 is 1.10 bits per heavy atom. The van der Waals surface area contributed by atoms with Crippen LogP contribution in [0.3, 0.4) is 0 Å². The maximum atomic E-state index is 13.0. The van der Waals surface area contributed by atoms with E-state index < -0.39 is 15.9 Å². The number of benzene rings is 2. The van der Waals surface area contributed by atoms with E-state index in [0.717, 1.165) is 11.3 Å². The van der Waals surface area contributed by atoms with Gasteiger partial charge in [0.05, 0.1) is 31.2 Å². The van der Waals surface area contributed by atoms with Gasteiger partial charge in [0.1, 0.15) is 5.75 Å². The van der Waals surface area contributed by atoms with Crippen molar-refractivity contribution in [2.75, 3.05) is 36.6 Å². The summed E-state index contributed by atoms with van der Waals surface area (Å²) in [4.78, 5) is 16.7. The number of methoxy groups -OCH3 is 1. The third-order valence-electron chi connectivity index (χ3n) is 5.65. The molecule has 154 valence electrons. The fourth-order valence-electron chi connectivity index (χ4n) is 4.34. The molecule has 0 N–H and O–H groups in total. The third-order valence-corrected chi connectivity index (χ3v) is 7.58. The number of fused-ring (bicyclic) bond motifs is 1. The summed E-state index contributed by atoms with van der Waals surface area (Å²) in [5.74, 6) is 0.729. The number of sulfone groups is 1. The molecule has 2 aliphatic heterocycles. The highest BCUT2D eigenvalue weighted by Crippen LogP contribution is 2.33. The Morgan fingerprint density at radius 2 is 1.86 bits per heavy atom. The minimum Gasteiger partial charge on any atom is -0.496 e. The normalized spacial score (nSPS) is 23.8. The molecular formula is C21H23ClN2O4S. The topological polar surface area (TPSA) is 66.9 Å². The van der Waals surface area contributed by atoms with Gasteiger partial charge < -0.3 is 9.64 Å². The minimum absolute atomic E-state index is 0.0267. The van der Waals surface area contributed by atoms with E-state index in [1.165, 1.54) is 0 Å². The third kappa shape index (κ3) is 4.13. The fraction of sp³-hybridized carbons (Fsp3) is 0.381. The van der Waals surface area contributed by atoms with Crippen molar-refractivity contribution in [2.45, 2.75) is 18.5 Å². The largest absolute Gasteiger partial charge is 0.496 e. The van der Waals surface area contributed by atoms with Crippen molar-refractivity contribution in [2.24, 2.45) is 0 Å². The Hall–Kier alpha value is -2.09. The first-order chi connectivity index (χ1) is 13.9. The van der Waals surface area contributed by atoms with Crippen molar-refractivity contribution in [3.05, 3.63) is 59.1 Å². The van der Waals surface area contributed by atoms with Crippen LogP contribution in [0.2, 0.25) is 5.02 Å². The van der Waals surface area contributed by atoms with Gasteiger partial charge in [0, 0.05) is 23.3 Å². The first-order valence-electron chi connectivity index (χ1n) is 9.52. The number of nitrogens with zero attached hydrogens (tertiary/aromatic N) is 2. The van der Waals surface area contributed by atoms with E-state index in [0.29, 0.717) is 23.7 Å². The molecule has 8 heteroatoms. The van der Waals surface area contributed by atoms with Crippen molar-refractivity contribution < 1.29 is 17.9 Å². The molecule has 0 saturated carbocycles. The van der Waals surface area contributed by atoms with Crippen molar-refractivity contribution >= 4 is 33.0 Å². The van der Waals surface area contributed by atoms with Crippen molar-refractivity contribution in [1.82, 2.24) is 4.90 Å². The molecule has 29 heavy (non-hydrogen) atoms. The molecule has 0 radical (unpaired) electrons. The van der Waals surface area contributed by atoms with Gasteiger partial charge in [-0.25, -0.2) is 8.42 Å². The molecule has 4 rings (SSSR count). The summed E-state index contributed by atoms with van der Waals surface area (Å²) in [6.07, 6.45) is 0.678. The smallest absolute Gasteiger partial charge is 0.241 e. The number of hydrogen-bond donors (Lipinski definition) is 0. The van der Waals surface area contributed by atoms with Gasteiger partial charge in [-0.2, -0.15) is 0 Å². The molecule has 6 nitrogen and oxygen atoms in total. The summed E-state index contributed by atoms with van der Waals surface area (Å²) in [5.41, 5.74) is 1.69. The van der Waals surface area contributed by atoms with E-state index >= 15 is 0 Å². The quantitative estimate of drug-likeness (QED) is 0.723. The highest BCUT2D eigenvalue weighted by atomic mass is 35.5. The SMILES string of the molecule is COc1ccccc1CCN1CC(=O)N(c2cccc(Cl)c2)[C@@H]2CS(=O)(=O)C[C@@H]21. The number of halogens is 1. The molecule has 2 atom stereocenters. The molecule has 2 aromatic rings. The Kier molecular flexibility index (Phi) is 5.55. The Morgan fingerprint density at radius 3 is 2.62 bits per heavy atom. The number of carbonyl (C=O) groups excluding carboxylic acids is 1. The predicted molar refractivity (Wildman–Crippen MR) is 113 cm³/mol. The Bertz CT molecular complexity index is 1030. The van der Waals surface area contributed by atoms with Gasteiger partial charge in [0.15, 0.2) is 9.84 Å². The lowest BCUT2D eigenvalue weighted by atomic mass is 10.0. The summed E-state index contributed by atoms with van der Waals surface area (Å²) in [5, 5.41) is 0.520. The average Bonchev–Trinajstić information content (AvgIpc) is 3.01. The minimum atomic E-state index is -3.23. The van der Waals surface area contributed by atoms with Gasteiger partial charge >= 0.3 is 0 Å². The van der Waals surface area contributed by atoms with Crippen molar-refractivity contribution in [1.29, 1.82) is 0 Å². The van der Waals surface area contributed by atoms with Gasteiger partial charge in [-0.05, 0) is 36.2 Å². The molecule has 0 aliphatic carbocycles. The number of para-hydroxylation sites is 1. The number of ether oxygens (including phenoxy) is 1. The zero-order valence-corrected chi connectivity index (χ0v) is 17.7. The van der Waals surface area contributed by atoms with Crippen LogP contribution in [0, 0.1) is 0 Å². The standard InChI is InChI=1S/C21H23ClN2O4S/c1-28-20-8-3-2-5-15(20)9-10-23-12-21(25)24(17-7-4-6-16(22)11-17)19-14-29(26,27)13-18(19)23/h2-8,11,18-19H,9-10,12-14H2,1H3/t18-,19+/m0/s1. The molecule has 2 heterocycles. The number of carbonyl (C=O) groups is 1. The maximum absolute atomic E-state index is 13.0. The zero-order chi connectivity index (χ0) is 20.6. The monoisotopic (exact) mass is 434 g/mol. The summed E-state index contributed by atoms with van der Waals surface area (Å²) in [7, 11) is -1.59. The zero-order valence-electron chi connectivity index (χ0n) is 16.1. The van der Waals surface area contributed by atoms with Crippen LogP contribution in [0.4, 0.5) is 5.69 Å². The van der Waals surface area contributed by atoms with E-state index in [1.54, 1.807) is 36.3 Å². The molecule has 0 aromatic heterocycles. The molecule has 0 bridgehead atoms. The van der Waals surface area contributed by atoms with E-state index in [1.807, 2.05) is 29.2 Å². The molecular weight excluding hydrogens is 412 g/mol. The van der Waals surface area contributed by atoms with Crippen LogP contribution in [-0.2, 0) is 21.1 Å². The Balaban J connectivity index is 1.59. The van der Waals surface area contributed by atoms with Crippen LogP contribution < -0.4 is 9.64 Å². The van der Waals surface area contributed by atoms with Crippen LogP contribution in [0.1, 0.15) is 5.56 Å². The highest BCUT2D eigenvalue weighted by Gasteiger charge is 2.49. The molecule has 2 aromatic carbocycles. The van der Waals surface area contributed by atoms with Gasteiger partial charge in [-0.1, -0.05) is 35.9 Å². The highest BCUT2D eigenvalue weighted by molar-refractivity contribution is 7.91. The summed E-state index contributed by atoms with van der Waals surface area (Å²) in [6, 6.07) is 14.1. The van der Waals surface area contributed by atoms with E-state index in [2.05, 4.69) is 0 Å². The summed E-state index contributed by atoms with van der Waals surface area (Å²) in [6.45, 7) is 0.768. The first kappa shape index (κ1) is 20.2. The lowest BCUT2D eigenvalue weighted by Crippen LogP contribution is -2.62. The first-order valence-corrected chi connectivity index (χ1v) is 11.7. The van der Waals surface area contributed by atoms with Gasteiger partial charge in [-0.3, -0.25) is 9.69 Å². The van der Waals surface area contributed by atoms with Gasteiger partial charge in [-0.15, -0.1) is 0 Å². The number of amides is 1. The van der Waals surface area contributed by atoms with E-state index in [4.69, 9.17) is 16.3 Å². The second kappa shape index (κ2) is 7.97. The van der Waals surface area contributed by atoms with E-state index in [9.17, 15) is 13.2 Å². The average molecular weight is 435 g/mol. The lowest BCUT2D eigenvalue weighted by molar-refractivity contribution is -0.123. The number of rotatable bonds is 5. The maximum Gasteiger partial charge on any atom is 0.241 e. The molecule has 2 aliphatic rings. The molecule has 0 unspecified atom stereocenters. The van der Waals surface area contributed by atoms with Crippen LogP contribution in [0.5, 0.6) is 5.75 Å².